The van der Waals surface area contributed by atoms with Crippen LogP contribution >= 0.6 is 0 Å². The lowest BCUT2D eigenvalue weighted by Crippen LogP contribution is -2.45. The number of hydrogen-bond donors (Lipinski definition) is 0. The molecular formula is C24H22N2O5. The average Bonchev–Trinajstić information content (AvgIpc) is 3.39. The van der Waals surface area contributed by atoms with E-state index < -0.39 is 11.9 Å². The van der Waals surface area contributed by atoms with Gasteiger partial charge in [0, 0.05) is 5.56 Å². The van der Waals surface area contributed by atoms with Gasteiger partial charge >= 0.3 is 0 Å². The lowest BCUT2D eigenvalue weighted by Gasteiger charge is -2.27. The summed E-state index contributed by atoms with van der Waals surface area (Å²) in [6.45, 7) is 1.98. The van der Waals surface area contributed by atoms with Crippen LogP contribution in [0.4, 0.5) is 5.69 Å². The predicted octanol–water partition coefficient (Wildman–Crippen LogP) is 3.57. The smallest absolute Gasteiger partial charge is 0.257 e. The molecule has 3 amide bonds. The molecule has 0 N–H and O–H groups in total. The molecule has 1 unspecified atom stereocenters. The first kappa shape index (κ1) is 20.4. The molecular weight excluding hydrogens is 396 g/mol. The van der Waals surface area contributed by atoms with Crippen molar-refractivity contribution in [2.45, 2.75) is 25.9 Å². The number of furan rings is 1. The molecule has 0 aliphatic carbocycles. The molecule has 3 aromatic rings. The molecule has 1 aliphatic heterocycles. The minimum atomic E-state index is -0.923. The zero-order valence-corrected chi connectivity index (χ0v) is 17.3. The highest BCUT2D eigenvalue weighted by Gasteiger charge is 2.44. The molecule has 0 bridgehead atoms. The number of aryl methyl sites for hydroxylation is 1. The lowest BCUT2D eigenvalue weighted by molar-refractivity contribution is -0.122. The van der Waals surface area contributed by atoms with E-state index in [0.29, 0.717) is 22.8 Å². The summed E-state index contributed by atoms with van der Waals surface area (Å²) in [4.78, 5) is 42.0. The summed E-state index contributed by atoms with van der Waals surface area (Å²) in [6, 6.07) is 16.3. The van der Waals surface area contributed by atoms with Gasteiger partial charge in [0.1, 0.15) is 17.6 Å². The number of amides is 3. The number of carbonyl (C=O) groups excluding carboxylic acids is 3. The van der Waals surface area contributed by atoms with E-state index in [1.807, 2.05) is 13.0 Å². The predicted molar refractivity (Wildman–Crippen MR) is 114 cm³/mol. The summed E-state index contributed by atoms with van der Waals surface area (Å²) in [6.07, 6.45) is 1.42. The van der Waals surface area contributed by atoms with Gasteiger partial charge in [-0.1, -0.05) is 17.7 Å². The number of anilines is 1. The maximum absolute atomic E-state index is 13.4. The van der Waals surface area contributed by atoms with Gasteiger partial charge in [-0.05, 0) is 55.5 Å². The summed E-state index contributed by atoms with van der Waals surface area (Å²) in [5.41, 5.74) is 1.83. The summed E-state index contributed by atoms with van der Waals surface area (Å²) in [7, 11) is 1.54. The molecule has 0 spiro atoms. The van der Waals surface area contributed by atoms with Crippen molar-refractivity contribution in [3.8, 4) is 5.75 Å². The van der Waals surface area contributed by atoms with Crippen molar-refractivity contribution in [3.05, 3.63) is 83.8 Å². The first-order chi connectivity index (χ1) is 15.0. The van der Waals surface area contributed by atoms with Crippen LogP contribution in [-0.4, -0.2) is 35.8 Å². The molecule has 158 valence electrons. The van der Waals surface area contributed by atoms with Crippen LogP contribution < -0.4 is 9.64 Å². The Bertz CT molecular complexity index is 1110. The third-order valence-corrected chi connectivity index (χ3v) is 5.26. The van der Waals surface area contributed by atoms with Crippen molar-refractivity contribution in [3.63, 3.8) is 0 Å². The van der Waals surface area contributed by atoms with Crippen LogP contribution in [0.1, 0.15) is 28.1 Å². The Labute approximate surface area is 179 Å². The van der Waals surface area contributed by atoms with Crippen LogP contribution in [0.2, 0.25) is 0 Å². The van der Waals surface area contributed by atoms with Crippen LogP contribution in [0.15, 0.2) is 71.3 Å². The standard InChI is InChI=1S/C24H22N2O5/c1-16-5-3-6-17(13-16)23(28)25(15-20-7-4-12-31-20)21-14-22(27)26(24(21)29)18-8-10-19(30-2)11-9-18/h3-13,21H,14-15H2,1-2H3. The molecule has 1 aromatic heterocycles. The average molecular weight is 418 g/mol. The number of ether oxygens (including phenoxy) is 1. The van der Waals surface area contributed by atoms with E-state index in [1.165, 1.54) is 11.2 Å². The Balaban J connectivity index is 1.66. The van der Waals surface area contributed by atoms with E-state index in [0.717, 1.165) is 10.5 Å². The van der Waals surface area contributed by atoms with Gasteiger partial charge in [-0.2, -0.15) is 0 Å². The normalized spacial score (nSPS) is 15.9. The van der Waals surface area contributed by atoms with Crippen LogP contribution in [-0.2, 0) is 16.1 Å². The van der Waals surface area contributed by atoms with Crippen LogP contribution in [0.5, 0.6) is 5.75 Å². The molecule has 1 fully saturated rings. The molecule has 31 heavy (non-hydrogen) atoms. The minimum Gasteiger partial charge on any atom is -0.497 e. The summed E-state index contributed by atoms with van der Waals surface area (Å²) < 4.78 is 10.6. The van der Waals surface area contributed by atoms with Gasteiger partial charge < -0.3 is 14.1 Å². The van der Waals surface area contributed by atoms with E-state index in [9.17, 15) is 14.4 Å². The van der Waals surface area contributed by atoms with Gasteiger partial charge in [0.05, 0.1) is 32.0 Å². The maximum Gasteiger partial charge on any atom is 0.257 e. The van der Waals surface area contributed by atoms with Crippen molar-refractivity contribution in [2.24, 2.45) is 0 Å². The molecule has 2 aromatic carbocycles. The third-order valence-electron chi connectivity index (χ3n) is 5.26. The van der Waals surface area contributed by atoms with Crippen molar-refractivity contribution in [2.75, 3.05) is 12.0 Å². The molecule has 7 nitrogen and oxygen atoms in total. The van der Waals surface area contributed by atoms with Gasteiger partial charge in [-0.3, -0.25) is 14.4 Å². The fourth-order valence-electron chi connectivity index (χ4n) is 3.70. The second-order valence-corrected chi connectivity index (χ2v) is 7.37. The molecule has 2 heterocycles. The topological polar surface area (TPSA) is 80.1 Å². The highest BCUT2D eigenvalue weighted by Crippen LogP contribution is 2.29. The SMILES string of the molecule is COc1ccc(N2C(=O)CC(N(Cc3ccco3)C(=O)c3cccc(C)c3)C2=O)cc1. The van der Waals surface area contributed by atoms with E-state index in [-0.39, 0.29) is 24.8 Å². The van der Waals surface area contributed by atoms with Gasteiger partial charge in [0.15, 0.2) is 0 Å². The van der Waals surface area contributed by atoms with Crippen LogP contribution in [0.25, 0.3) is 0 Å². The summed E-state index contributed by atoms with van der Waals surface area (Å²) >= 11 is 0. The molecule has 7 heteroatoms. The Morgan fingerprint density at radius 3 is 2.55 bits per heavy atom. The van der Waals surface area contributed by atoms with Crippen LogP contribution in [0, 0.1) is 6.92 Å². The number of nitrogens with zero attached hydrogens (tertiary/aromatic N) is 2. The zero-order chi connectivity index (χ0) is 22.0. The lowest BCUT2D eigenvalue weighted by atomic mass is 10.1. The number of carbonyl (C=O) groups is 3. The Hall–Kier alpha value is -3.87. The molecule has 1 atom stereocenters. The van der Waals surface area contributed by atoms with Gasteiger partial charge in [-0.25, -0.2) is 4.90 Å². The van der Waals surface area contributed by atoms with E-state index >= 15 is 0 Å². The monoisotopic (exact) mass is 418 g/mol. The van der Waals surface area contributed by atoms with E-state index in [1.54, 1.807) is 61.7 Å². The van der Waals surface area contributed by atoms with Crippen molar-refractivity contribution >= 4 is 23.4 Å². The summed E-state index contributed by atoms with van der Waals surface area (Å²) in [5, 5.41) is 0. The number of rotatable bonds is 6. The van der Waals surface area contributed by atoms with Gasteiger partial charge in [-0.15, -0.1) is 0 Å². The Kier molecular flexibility index (Phi) is 5.58. The fourth-order valence-corrected chi connectivity index (χ4v) is 3.70. The van der Waals surface area contributed by atoms with Gasteiger partial charge in [0.25, 0.3) is 11.8 Å². The van der Waals surface area contributed by atoms with Crippen molar-refractivity contribution in [1.82, 2.24) is 4.90 Å². The zero-order valence-electron chi connectivity index (χ0n) is 17.3. The fraction of sp³-hybridized carbons (Fsp3) is 0.208. The number of imide groups is 1. The highest BCUT2D eigenvalue weighted by atomic mass is 16.5. The molecule has 0 saturated carbocycles. The number of methoxy groups -OCH3 is 1. The van der Waals surface area contributed by atoms with Crippen molar-refractivity contribution < 1.29 is 23.5 Å². The van der Waals surface area contributed by atoms with E-state index in [4.69, 9.17) is 9.15 Å². The molecule has 0 radical (unpaired) electrons. The molecule has 1 aliphatic rings. The molecule has 1 saturated heterocycles. The second kappa shape index (κ2) is 8.47. The van der Waals surface area contributed by atoms with Crippen molar-refractivity contribution in [1.29, 1.82) is 0 Å². The largest absolute Gasteiger partial charge is 0.497 e. The summed E-state index contributed by atoms with van der Waals surface area (Å²) in [5.74, 6) is 0.0184. The quantitative estimate of drug-likeness (QED) is 0.572. The van der Waals surface area contributed by atoms with E-state index in [2.05, 4.69) is 0 Å². The Morgan fingerprint density at radius 1 is 1.13 bits per heavy atom. The first-order valence-corrected chi connectivity index (χ1v) is 9.89. The Morgan fingerprint density at radius 2 is 1.90 bits per heavy atom. The number of benzene rings is 2. The van der Waals surface area contributed by atoms with Crippen LogP contribution in [0.3, 0.4) is 0 Å². The maximum atomic E-state index is 13.4. The highest BCUT2D eigenvalue weighted by molar-refractivity contribution is 6.23. The minimum absolute atomic E-state index is 0.0832. The molecule has 4 rings (SSSR count). The third kappa shape index (κ3) is 4.07. The first-order valence-electron chi connectivity index (χ1n) is 9.89. The number of hydrogen-bond acceptors (Lipinski definition) is 5. The van der Waals surface area contributed by atoms with Gasteiger partial charge in [0.2, 0.25) is 5.91 Å². The second-order valence-electron chi connectivity index (χ2n) is 7.37.